The minimum atomic E-state index is -0.873. The van der Waals surface area contributed by atoms with Crippen LogP contribution in [0, 0.1) is 0 Å². The van der Waals surface area contributed by atoms with Crippen molar-refractivity contribution in [1.82, 2.24) is 14.9 Å². The first kappa shape index (κ1) is 10.9. The molecule has 86 valence electrons. The second-order valence-electron chi connectivity index (χ2n) is 3.45. The number of halogens is 1. The zero-order chi connectivity index (χ0) is 11.5. The summed E-state index contributed by atoms with van der Waals surface area (Å²) in [5, 5.41) is 9.15. The molecule has 2 rings (SSSR count). The third kappa shape index (κ3) is 2.33. The number of carbonyl (C=O) groups is 1. The van der Waals surface area contributed by atoms with Crippen molar-refractivity contribution in [3.63, 3.8) is 0 Å². The van der Waals surface area contributed by atoms with E-state index in [1.165, 1.54) is 11.1 Å². The van der Waals surface area contributed by atoms with Crippen LogP contribution in [0.3, 0.4) is 0 Å². The number of piperazine rings is 1. The molecule has 1 N–H and O–H groups in total. The van der Waals surface area contributed by atoms with Crippen LogP contribution < -0.4 is 4.90 Å². The van der Waals surface area contributed by atoms with Crippen LogP contribution in [0.15, 0.2) is 12.4 Å². The van der Waals surface area contributed by atoms with Crippen molar-refractivity contribution in [3.8, 4) is 0 Å². The molecule has 1 aliphatic heterocycles. The fourth-order valence-electron chi connectivity index (χ4n) is 1.60. The Morgan fingerprint density at radius 1 is 1.25 bits per heavy atom. The van der Waals surface area contributed by atoms with E-state index < -0.39 is 6.09 Å². The number of anilines is 1. The molecule has 1 saturated heterocycles. The summed E-state index contributed by atoms with van der Waals surface area (Å²) in [6.45, 7) is 2.23. The van der Waals surface area contributed by atoms with Crippen LogP contribution in [-0.2, 0) is 0 Å². The Kier molecular flexibility index (Phi) is 3.09. The van der Waals surface area contributed by atoms with Gasteiger partial charge in [0.2, 0.25) is 0 Å². The van der Waals surface area contributed by atoms with Crippen LogP contribution in [0.4, 0.5) is 10.6 Å². The fraction of sp³-hybridized carbons (Fsp3) is 0.444. The molecule has 0 atom stereocenters. The number of amides is 1. The molecule has 7 heteroatoms. The lowest BCUT2D eigenvalue weighted by atomic mass is 10.3. The minimum absolute atomic E-state index is 0.355. The Bertz CT molecular complexity index is 376. The Morgan fingerprint density at radius 3 is 2.44 bits per heavy atom. The number of nitrogens with zero attached hydrogens (tertiary/aromatic N) is 4. The largest absolute Gasteiger partial charge is 0.465 e. The van der Waals surface area contributed by atoms with Crippen molar-refractivity contribution in [2.75, 3.05) is 31.1 Å². The monoisotopic (exact) mass is 242 g/mol. The van der Waals surface area contributed by atoms with Crippen molar-refractivity contribution in [1.29, 1.82) is 0 Å². The molecule has 1 fully saturated rings. The van der Waals surface area contributed by atoms with E-state index in [1.54, 1.807) is 6.20 Å². The molecule has 0 aromatic carbocycles. The highest BCUT2D eigenvalue weighted by molar-refractivity contribution is 6.29. The summed E-state index contributed by atoms with van der Waals surface area (Å²) in [6.07, 6.45) is 2.21. The molecule has 6 nitrogen and oxygen atoms in total. The SMILES string of the molecule is O=C(O)N1CCN(c2cnc(Cl)cn2)CC1. The van der Waals surface area contributed by atoms with E-state index in [2.05, 4.69) is 9.97 Å². The van der Waals surface area contributed by atoms with Crippen LogP contribution in [-0.4, -0.2) is 52.2 Å². The van der Waals surface area contributed by atoms with Gasteiger partial charge in [-0.2, -0.15) is 0 Å². The van der Waals surface area contributed by atoms with Gasteiger partial charge >= 0.3 is 6.09 Å². The van der Waals surface area contributed by atoms with Crippen molar-refractivity contribution in [3.05, 3.63) is 17.5 Å². The highest BCUT2D eigenvalue weighted by Crippen LogP contribution is 2.13. The van der Waals surface area contributed by atoms with Gasteiger partial charge in [0.25, 0.3) is 0 Å². The van der Waals surface area contributed by atoms with Gasteiger partial charge in [-0.1, -0.05) is 11.6 Å². The van der Waals surface area contributed by atoms with Crippen molar-refractivity contribution in [2.45, 2.75) is 0 Å². The van der Waals surface area contributed by atoms with Gasteiger partial charge < -0.3 is 14.9 Å². The van der Waals surface area contributed by atoms with E-state index in [4.69, 9.17) is 16.7 Å². The quantitative estimate of drug-likeness (QED) is 0.793. The molecule has 1 aliphatic rings. The molecule has 0 spiro atoms. The summed E-state index contributed by atoms with van der Waals surface area (Å²) >= 11 is 5.64. The van der Waals surface area contributed by atoms with Gasteiger partial charge in [-0.25, -0.2) is 14.8 Å². The van der Waals surface area contributed by atoms with Crippen molar-refractivity contribution in [2.24, 2.45) is 0 Å². The molecule has 0 aliphatic carbocycles. The Morgan fingerprint density at radius 2 is 1.94 bits per heavy atom. The first-order valence-corrected chi connectivity index (χ1v) is 5.25. The van der Waals surface area contributed by atoms with Gasteiger partial charge in [-0.05, 0) is 0 Å². The molecule has 1 amide bonds. The van der Waals surface area contributed by atoms with Gasteiger partial charge in [0.05, 0.1) is 12.4 Å². The van der Waals surface area contributed by atoms with E-state index in [-0.39, 0.29) is 0 Å². The van der Waals surface area contributed by atoms with Crippen molar-refractivity contribution >= 4 is 23.5 Å². The topological polar surface area (TPSA) is 69.6 Å². The maximum atomic E-state index is 10.7. The third-order valence-corrected chi connectivity index (χ3v) is 2.68. The molecule has 1 aromatic rings. The highest BCUT2D eigenvalue weighted by atomic mass is 35.5. The van der Waals surface area contributed by atoms with E-state index in [9.17, 15) is 4.79 Å². The second kappa shape index (κ2) is 4.52. The third-order valence-electron chi connectivity index (χ3n) is 2.48. The summed E-state index contributed by atoms with van der Waals surface area (Å²) in [4.78, 5) is 22.2. The van der Waals surface area contributed by atoms with Crippen LogP contribution in [0.2, 0.25) is 5.15 Å². The molecule has 0 unspecified atom stereocenters. The number of hydrogen-bond donors (Lipinski definition) is 1. The summed E-state index contributed by atoms with van der Waals surface area (Å²) in [5.41, 5.74) is 0. The van der Waals surface area contributed by atoms with Gasteiger partial charge in [-0.15, -0.1) is 0 Å². The van der Waals surface area contributed by atoms with E-state index >= 15 is 0 Å². The van der Waals surface area contributed by atoms with Crippen molar-refractivity contribution < 1.29 is 9.90 Å². The number of rotatable bonds is 1. The molecular formula is C9H11ClN4O2. The predicted molar refractivity (Wildman–Crippen MR) is 58.9 cm³/mol. The lowest BCUT2D eigenvalue weighted by molar-refractivity contribution is 0.142. The normalized spacial score (nSPS) is 16.3. The van der Waals surface area contributed by atoms with Gasteiger partial charge in [0, 0.05) is 26.2 Å². The predicted octanol–water partition coefficient (Wildman–Crippen LogP) is 0.930. The number of hydrogen-bond acceptors (Lipinski definition) is 4. The average molecular weight is 243 g/mol. The Balaban J connectivity index is 1.99. The molecule has 0 saturated carbocycles. The van der Waals surface area contributed by atoms with Crippen LogP contribution >= 0.6 is 11.6 Å². The summed E-state index contributed by atoms with van der Waals surface area (Å²) in [5.74, 6) is 0.731. The van der Waals surface area contributed by atoms with Gasteiger partial charge in [0.15, 0.2) is 0 Å². The maximum absolute atomic E-state index is 10.7. The van der Waals surface area contributed by atoms with E-state index in [1.807, 2.05) is 4.90 Å². The molecule has 16 heavy (non-hydrogen) atoms. The zero-order valence-corrected chi connectivity index (χ0v) is 9.26. The van der Waals surface area contributed by atoms with Gasteiger partial charge in [0.1, 0.15) is 11.0 Å². The van der Waals surface area contributed by atoms with Crippen LogP contribution in [0.1, 0.15) is 0 Å². The second-order valence-corrected chi connectivity index (χ2v) is 3.84. The number of carboxylic acid groups (broad SMARTS) is 1. The lowest BCUT2D eigenvalue weighted by Crippen LogP contribution is -2.48. The highest BCUT2D eigenvalue weighted by Gasteiger charge is 2.21. The Labute approximate surface area is 97.5 Å². The first-order valence-electron chi connectivity index (χ1n) is 4.87. The zero-order valence-electron chi connectivity index (χ0n) is 8.51. The molecule has 0 bridgehead atoms. The minimum Gasteiger partial charge on any atom is -0.465 e. The fourth-order valence-corrected chi connectivity index (χ4v) is 1.69. The average Bonchev–Trinajstić information content (AvgIpc) is 2.30. The smallest absolute Gasteiger partial charge is 0.407 e. The lowest BCUT2D eigenvalue weighted by Gasteiger charge is -2.33. The molecule has 2 heterocycles. The first-order chi connectivity index (χ1) is 7.66. The molecule has 0 radical (unpaired) electrons. The van der Waals surface area contributed by atoms with Gasteiger partial charge in [-0.3, -0.25) is 0 Å². The standard InChI is InChI=1S/C9H11ClN4O2/c10-7-5-12-8(6-11-7)13-1-3-14(4-2-13)9(15)16/h5-6H,1-4H2,(H,15,16). The van der Waals surface area contributed by atoms with E-state index in [0.29, 0.717) is 31.3 Å². The van der Waals surface area contributed by atoms with Crippen LogP contribution in [0.5, 0.6) is 0 Å². The Hall–Kier alpha value is -1.56. The van der Waals surface area contributed by atoms with E-state index in [0.717, 1.165) is 5.82 Å². The summed E-state index contributed by atoms with van der Waals surface area (Å²) < 4.78 is 0. The maximum Gasteiger partial charge on any atom is 0.407 e. The molecule has 1 aromatic heterocycles. The van der Waals surface area contributed by atoms with Crippen LogP contribution in [0.25, 0.3) is 0 Å². The number of aromatic nitrogens is 2. The molecular weight excluding hydrogens is 232 g/mol. The summed E-state index contributed by atoms with van der Waals surface area (Å²) in [7, 11) is 0. The summed E-state index contributed by atoms with van der Waals surface area (Å²) in [6, 6.07) is 0.